The van der Waals surface area contributed by atoms with Crippen LogP contribution in [0.5, 0.6) is 0 Å². The maximum atomic E-state index is 12.6. The van der Waals surface area contributed by atoms with Crippen LogP contribution < -0.4 is 5.32 Å². The molecule has 22 heavy (non-hydrogen) atoms. The van der Waals surface area contributed by atoms with E-state index in [1.165, 1.54) is 18.9 Å². The van der Waals surface area contributed by atoms with Crippen LogP contribution in [0.3, 0.4) is 0 Å². The lowest BCUT2D eigenvalue weighted by Crippen LogP contribution is -2.39. The lowest BCUT2D eigenvalue weighted by molar-refractivity contribution is -0.140. The number of nitrogens with one attached hydrogen (secondary N) is 1. The normalized spacial score (nSPS) is 9.95. The molecule has 7 heteroatoms. The Morgan fingerprint density at radius 2 is 1.91 bits per heavy atom. The average molecular weight is 371 g/mol. The highest BCUT2D eigenvalue weighted by Gasteiger charge is 2.18. The highest BCUT2D eigenvalue weighted by molar-refractivity contribution is 9.10. The van der Waals surface area contributed by atoms with Crippen molar-refractivity contribution in [2.45, 2.75) is 13.3 Å². The third-order valence-corrected chi connectivity index (χ3v) is 3.65. The zero-order valence-corrected chi connectivity index (χ0v) is 14.2. The number of carbonyl (C=O) groups is 3. The second-order valence-corrected chi connectivity index (χ2v) is 5.44. The fourth-order valence-electron chi connectivity index (χ4n) is 1.82. The number of nitrogens with zero attached hydrogens (tertiary/aromatic N) is 1. The van der Waals surface area contributed by atoms with Crippen molar-refractivity contribution in [1.29, 1.82) is 0 Å². The average Bonchev–Trinajstić information content (AvgIpc) is 2.49. The Kier molecular flexibility index (Phi) is 7.59. The van der Waals surface area contributed by atoms with Crippen molar-refractivity contribution in [3.63, 3.8) is 0 Å². The van der Waals surface area contributed by atoms with E-state index >= 15 is 0 Å². The molecule has 0 saturated heterocycles. The quantitative estimate of drug-likeness (QED) is 0.739. The number of carbonyl (C=O) groups excluding carboxylic acids is 3. The zero-order valence-electron chi connectivity index (χ0n) is 12.6. The SMILES string of the molecule is COC(=O)CCN(CCNC(C)=O)C(=O)c1ccccc1Br. The van der Waals surface area contributed by atoms with Gasteiger partial charge in [-0.2, -0.15) is 0 Å². The Bertz CT molecular complexity index is 548. The van der Waals surface area contributed by atoms with E-state index < -0.39 is 0 Å². The molecule has 0 aliphatic carbocycles. The molecule has 120 valence electrons. The van der Waals surface area contributed by atoms with Gasteiger partial charge in [-0.05, 0) is 28.1 Å². The minimum Gasteiger partial charge on any atom is -0.469 e. The lowest BCUT2D eigenvalue weighted by Gasteiger charge is -2.23. The molecule has 6 nitrogen and oxygen atoms in total. The van der Waals surface area contributed by atoms with Gasteiger partial charge in [0, 0.05) is 31.0 Å². The first-order valence-corrected chi connectivity index (χ1v) is 7.60. The van der Waals surface area contributed by atoms with Crippen LogP contribution in [-0.4, -0.2) is 49.4 Å². The number of benzene rings is 1. The smallest absolute Gasteiger partial charge is 0.307 e. The number of hydrogen-bond donors (Lipinski definition) is 1. The van der Waals surface area contributed by atoms with Gasteiger partial charge in [0.15, 0.2) is 0 Å². The Balaban J connectivity index is 2.78. The van der Waals surface area contributed by atoms with Gasteiger partial charge in [0.25, 0.3) is 5.91 Å². The molecule has 0 aliphatic heterocycles. The summed E-state index contributed by atoms with van der Waals surface area (Å²) < 4.78 is 5.28. The van der Waals surface area contributed by atoms with Gasteiger partial charge in [0.1, 0.15) is 0 Å². The van der Waals surface area contributed by atoms with Gasteiger partial charge in [-0.3, -0.25) is 14.4 Å². The summed E-state index contributed by atoms with van der Waals surface area (Å²) in [5.74, 6) is -0.757. The molecule has 0 radical (unpaired) electrons. The van der Waals surface area contributed by atoms with Crippen molar-refractivity contribution in [1.82, 2.24) is 10.2 Å². The zero-order chi connectivity index (χ0) is 16.5. The standard InChI is InChI=1S/C15H19BrN2O4/c1-11(19)17-8-10-18(9-7-14(20)22-2)15(21)12-5-3-4-6-13(12)16/h3-6H,7-10H2,1-2H3,(H,17,19). The molecule has 0 heterocycles. The number of rotatable bonds is 7. The van der Waals surface area contributed by atoms with Crippen LogP contribution >= 0.6 is 15.9 Å². The second-order valence-electron chi connectivity index (χ2n) is 4.58. The van der Waals surface area contributed by atoms with E-state index in [9.17, 15) is 14.4 Å². The van der Waals surface area contributed by atoms with E-state index in [2.05, 4.69) is 26.0 Å². The summed E-state index contributed by atoms with van der Waals surface area (Å²) in [6.07, 6.45) is 0.104. The topological polar surface area (TPSA) is 75.7 Å². The van der Waals surface area contributed by atoms with E-state index in [1.807, 2.05) is 6.07 Å². The summed E-state index contributed by atoms with van der Waals surface area (Å²) in [7, 11) is 1.31. The molecule has 1 aromatic rings. The van der Waals surface area contributed by atoms with E-state index in [4.69, 9.17) is 0 Å². The fourth-order valence-corrected chi connectivity index (χ4v) is 2.27. The number of amides is 2. The first-order chi connectivity index (χ1) is 10.5. The van der Waals surface area contributed by atoms with Gasteiger partial charge < -0.3 is 15.0 Å². The molecule has 2 amide bonds. The van der Waals surface area contributed by atoms with Crippen LogP contribution in [0.4, 0.5) is 0 Å². The molecule has 0 saturated carbocycles. The molecule has 0 spiro atoms. The summed E-state index contributed by atoms with van der Waals surface area (Å²) in [5.41, 5.74) is 0.509. The van der Waals surface area contributed by atoms with Gasteiger partial charge >= 0.3 is 5.97 Å². The molecule has 0 unspecified atom stereocenters. The molecule has 0 fully saturated rings. The van der Waals surface area contributed by atoms with Crippen molar-refractivity contribution in [2.75, 3.05) is 26.7 Å². The summed E-state index contributed by atoms with van der Waals surface area (Å²) in [6.45, 7) is 2.28. The number of esters is 1. The first-order valence-electron chi connectivity index (χ1n) is 6.80. The molecule has 1 aromatic carbocycles. The molecule has 0 bridgehead atoms. The lowest BCUT2D eigenvalue weighted by atomic mass is 10.2. The Labute approximate surface area is 137 Å². The fraction of sp³-hybridized carbons (Fsp3) is 0.400. The predicted octanol–water partition coefficient (Wildman–Crippen LogP) is 1.59. The monoisotopic (exact) mass is 370 g/mol. The maximum absolute atomic E-state index is 12.6. The van der Waals surface area contributed by atoms with Gasteiger partial charge in [-0.15, -0.1) is 0 Å². The predicted molar refractivity (Wildman–Crippen MR) is 85.4 cm³/mol. The molecule has 1 rings (SSSR count). The molecule has 1 N–H and O–H groups in total. The van der Waals surface area contributed by atoms with Crippen molar-refractivity contribution in [3.8, 4) is 0 Å². The summed E-state index contributed by atoms with van der Waals surface area (Å²) >= 11 is 3.34. The molecule has 0 aliphatic rings. The van der Waals surface area contributed by atoms with Crippen molar-refractivity contribution >= 4 is 33.7 Å². The largest absolute Gasteiger partial charge is 0.469 e. The minimum absolute atomic E-state index is 0.104. The van der Waals surface area contributed by atoms with Gasteiger partial charge in [-0.25, -0.2) is 0 Å². The van der Waals surface area contributed by atoms with Gasteiger partial charge in [0.05, 0.1) is 19.1 Å². The number of ether oxygens (including phenoxy) is 1. The summed E-state index contributed by atoms with van der Waals surface area (Å²) in [6, 6.07) is 7.07. The van der Waals surface area contributed by atoms with E-state index in [0.717, 1.165) is 0 Å². The van der Waals surface area contributed by atoms with Crippen LogP contribution in [-0.2, 0) is 14.3 Å². The van der Waals surface area contributed by atoms with Crippen molar-refractivity contribution in [2.24, 2.45) is 0 Å². The number of methoxy groups -OCH3 is 1. The summed E-state index contributed by atoms with van der Waals surface area (Å²) in [4.78, 5) is 36.3. The molecule has 0 atom stereocenters. The Hall–Kier alpha value is -1.89. The third-order valence-electron chi connectivity index (χ3n) is 2.96. The highest BCUT2D eigenvalue weighted by atomic mass is 79.9. The second kappa shape index (κ2) is 9.19. The molecular formula is C15H19BrN2O4. The van der Waals surface area contributed by atoms with Gasteiger partial charge in [0.2, 0.25) is 5.91 Å². The Morgan fingerprint density at radius 1 is 1.23 bits per heavy atom. The highest BCUT2D eigenvalue weighted by Crippen LogP contribution is 2.18. The van der Waals surface area contributed by atoms with Crippen molar-refractivity contribution < 1.29 is 19.1 Å². The van der Waals surface area contributed by atoms with E-state index in [1.54, 1.807) is 18.2 Å². The van der Waals surface area contributed by atoms with Crippen molar-refractivity contribution in [3.05, 3.63) is 34.3 Å². The van der Waals surface area contributed by atoms with Crippen LogP contribution in [0.2, 0.25) is 0 Å². The van der Waals surface area contributed by atoms with Crippen LogP contribution in [0.1, 0.15) is 23.7 Å². The van der Waals surface area contributed by atoms with Crippen LogP contribution in [0, 0.1) is 0 Å². The molecular weight excluding hydrogens is 352 g/mol. The number of halogens is 1. The maximum Gasteiger partial charge on any atom is 0.307 e. The Morgan fingerprint density at radius 3 is 2.50 bits per heavy atom. The van der Waals surface area contributed by atoms with Crippen LogP contribution in [0.25, 0.3) is 0 Å². The van der Waals surface area contributed by atoms with E-state index in [0.29, 0.717) is 23.1 Å². The third kappa shape index (κ3) is 5.85. The minimum atomic E-state index is -0.385. The summed E-state index contributed by atoms with van der Waals surface area (Å²) in [5, 5.41) is 2.64. The van der Waals surface area contributed by atoms with E-state index in [-0.39, 0.29) is 30.7 Å². The van der Waals surface area contributed by atoms with Crippen LogP contribution in [0.15, 0.2) is 28.7 Å². The van der Waals surface area contributed by atoms with Gasteiger partial charge in [-0.1, -0.05) is 12.1 Å². The molecule has 0 aromatic heterocycles. The number of hydrogen-bond acceptors (Lipinski definition) is 4. The first kappa shape index (κ1) is 18.2.